The highest BCUT2D eigenvalue weighted by Crippen LogP contribution is 2.46. The number of aromatic nitrogens is 2. The van der Waals surface area contributed by atoms with Crippen LogP contribution >= 0.6 is 11.8 Å². The van der Waals surface area contributed by atoms with Gasteiger partial charge in [-0.15, -0.1) is 11.8 Å². The van der Waals surface area contributed by atoms with Gasteiger partial charge in [-0.1, -0.05) is 6.07 Å². The van der Waals surface area contributed by atoms with Crippen molar-refractivity contribution in [1.29, 1.82) is 0 Å². The summed E-state index contributed by atoms with van der Waals surface area (Å²) in [6.07, 6.45) is 4.24. The fourth-order valence-electron chi connectivity index (χ4n) is 3.56. The van der Waals surface area contributed by atoms with Crippen molar-refractivity contribution in [2.45, 2.75) is 23.8 Å². The monoisotopic (exact) mass is 361 g/mol. The number of halogens is 1. The maximum atomic E-state index is 13.7. The van der Waals surface area contributed by atoms with E-state index in [9.17, 15) is 4.39 Å². The van der Waals surface area contributed by atoms with Crippen LogP contribution in [-0.4, -0.2) is 51.7 Å². The van der Waals surface area contributed by atoms with E-state index in [1.807, 2.05) is 23.9 Å². The highest BCUT2D eigenvalue weighted by Gasteiger charge is 2.49. The number of nitrogens with zero attached hydrogens (tertiary/aromatic N) is 3. The van der Waals surface area contributed by atoms with Crippen LogP contribution in [-0.2, 0) is 6.54 Å². The van der Waals surface area contributed by atoms with Crippen molar-refractivity contribution in [2.75, 3.05) is 26.0 Å². The van der Waals surface area contributed by atoms with E-state index in [1.54, 1.807) is 25.6 Å². The first-order valence-corrected chi connectivity index (χ1v) is 9.27. The molecule has 0 radical (unpaired) electrons. The van der Waals surface area contributed by atoms with Gasteiger partial charge < -0.3 is 9.47 Å². The molecule has 25 heavy (non-hydrogen) atoms. The van der Waals surface area contributed by atoms with Crippen molar-refractivity contribution in [3.63, 3.8) is 0 Å². The van der Waals surface area contributed by atoms with Crippen LogP contribution < -0.4 is 9.47 Å². The molecule has 0 unspecified atom stereocenters. The fraction of sp³-hybridized carbons (Fsp3) is 0.444. The summed E-state index contributed by atoms with van der Waals surface area (Å²) in [7, 11) is 1.65. The largest absolute Gasteiger partial charge is 0.481 e. The zero-order valence-corrected chi connectivity index (χ0v) is 14.8. The maximum absolute atomic E-state index is 13.7. The van der Waals surface area contributed by atoms with Gasteiger partial charge in [0.1, 0.15) is 6.10 Å². The number of hydrogen-bond donors (Lipinski definition) is 0. The maximum Gasteiger partial charge on any atom is 0.250 e. The molecule has 4 heterocycles. The van der Waals surface area contributed by atoms with Gasteiger partial charge in [0.15, 0.2) is 5.82 Å². The lowest BCUT2D eigenvalue weighted by Crippen LogP contribution is -2.58. The van der Waals surface area contributed by atoms with Crippen molar-refractivity contribution >= 4 is 11.8 Å². The molecular weight excluding hydrogens is 341 g/mol. The van der Waals surface area contributed by atoms with E-state index in [0.717, 1.165) is 37.4 Å². The smallest absolute Gasteiger partial charge is 0.250 e. The molecule has 0 aromatic carbocycles. The second kappa shape index (κ2) is 6.80. The third-order valence-corrected chi connectivity index (χ3v) is 6.21. The molecule has 0 bridgehead atoms. The van der Waals surface area contributed by atoms with Gasteiger partial charge in [0.2, 0.25) is 5.88 Å². The van der Waals surface area contributed by atoms with Gasteiger partial charge in [0, 0.05) is 54.5 Å². The second-order valence-electron chi connectivity index (χ2n) is 6.55. The molecule has 0 aliphatic carbocycles. The Labute approximate surface area is 150 Å². The average Bonchev–Trinajstić information content (AvgIpc) is 3.01. The lowest BCUT2D eigenvalue weighted by atomic mass is 9.92. The molecule has 2 fully saturated rings. The number of ether oxygens (including phenoxy) is 2. The van der Waals surface area contributed by atoms with Crippen LogP contribution in [0.3, 0.4) is 0 Å². The third kappa shape index (κ3) is 3.43. The molecule has 0 N–H and O–H groups in total. The number of methoxy groups -OCH3 is 1. The van der Waals surface area contributed by atoms with Gasteiger partial charge in [0.05, 0.1) is 7.11 Å². The molecule has 2 aromatic rings. The number of pyridine rings is 2. The van der Waals surface area contributed by atoms with E-state index in [-0.39, 0.29) is 16.7 Å². The summed E-state index contributed by atoms with van der Waals surface area (Å²) in [5.41, 5.74) is 1.10. The summed E-state index contributed by atoms with van der Waals surface area (Å²) in [5.74, 6) is 1.28. The number of likely N-dealkylation sites (tertiary alicyclic amines) is 1. The molecule has 2 aliphatic heterocycles. The first-order chi connectivity index (χ1) is 12.2. The summed E-state index contributed by atoms with van der Waals surface area (Å²) < 4.78 is 25.0. The van der Waals surface area contributed by atoms with Gasteiger partial charge in [-0.2, -0.15) is 0 Å². The molecule has 0 amide bonds. The zero-order valence-electron chi connectivity index (χ0n) is 14.0. The second-order valence-corrected chi connectivity index (χ2v) is 8.03. The van der Waals surface area contributed by atoms with Crippen molar-refractivity contribution in [2.24, 2.45) is 0 Å². The standard InChI is InChI=1S/C18H20FN3O2S/c1-23-16-13(4-2-6-20-16)9-22-11-18(12-22)8-14(10-25-18)24-17-15(19)5-3-7-21-17/h2-7,14H,8-12H2,1H3/t14-/m0/s1. The molecule has 7 heteroatoms. The molecule has 0 saturated carbocycles. The predicted molar refractivity (Wildman–Crippen MR) is 94.5 cm³/mol. The number of rotatable bonds is 5. The van der Waals surface area contributed by atoms with Crippen molar-refractivity contribution in [3.05, 3.63) is 48.0 Å². The van der Waals surface area contributed by atoms with Crippen LogP contribution in [0.15, 0.2) is 36.7 Å². The molecule has 1 spiro atoms. The Kier molecular flexibility index (Phi) is 4.52. The van der Waals surface area contributed by atoms with Crippen molar-refractivity contribution in [1.82, 2.24) is 14.9 Å². The van der Waals surface area contributed by atoms with Gasteiger partial charge >= 0.3 is 0 Å². The summed E-state index contributed by atoms with van der Waals surface area (Å²) >= 11 is 1.93. The molecule has 2 aromatic heterocycles. The van der Waals surface area contributed by atoms with Crippen molar-refractivity contribution in [3.8, 4) is 11.8 Å². The van der Waals surface area contributed by atoms with Crippen LogP contribution in [0.4, 0.5) is 4.39 Å². The summed E-state index contributed by atoms with van der Waals surface area (Å²) in [4.78, 5) is 10.6. The van der Waals surface area contributed by atoms with Crippen LogP contribution in [0.5, 0.6) is 11.8 Å². The highest BCUT2D eigenvalue weighted by molar-refractivity contribution is 8.01. The Morgan fingerprint density at radius 2 is 2.00 bits per heavy atom. The lowest BCUT2D eigenvalue weighted by molar-refractivity contribution is 0.0886. The van der Waals surface area contributed by atoms with Gasteiger partial charge in [-0.25, -0.2) is 14.4 Å². The van der Waals surface area contributed by atoms with E-state index < -0.39 is 5.82 Å². The van der Waals surface area contributed by atoms with Gasteiger partial charge in [0.25, 0.3) is 5.88 Å². The minimum Gasteiger partial charge on any atom is -0.481 e. The normalized spacial score (nSPS) is 21.9. The molecule has 1 atom stereocenters. The first-order valence-electron chi connectivity index (χ1n) is 8.29. The number of thioether (sulfide) groups is 1. The first kappa shape index (κ1) is 16.6. The summed E-state index contributed by atoms with van der Waals surface area (Å²) in [6.45, 7) is 2.83. The van der Waals surface area contributed by atoms with Crippen molar-refractivity contribution < 1.29 is 13.9 Å². The SMILES string of the molecule is COc1ncccc1CN1CC2(C[C@H](Oc3ncccc3F)CS2)C1. The van der Waals surface area contributed by atoms with Crippen LogP contribution in [0.1, 0.15) is 12.0 Å². The third-order valence-electron chi connectivity index (χ3n) is 4.64. The van der Waals surface area contributed by atoms with Gasteiger partial charge in [-0.3, -0.25) is 4.90 Å². The predicted octanol–water partition coefficient (Wildman–Crippen LogP) is 2.76. The topological polar surface area (TPSA) is 47.5 Å². The molecular formula is C18H20FN3O2S. The van der Waals surface area contributed by atoms with Crippen LogP contribution in [0.25, 0.3) is 0 Å². The Hall–Kier alpha value is -1.86. The minimum atomic E-state index is -0.396. The fourth-order valence-corrected chi connectivity index (χ4v) is 5.14. The molecule has 2 saturated heterocycles. The molecule has 5 nitrogen and oxygen atoms in total. The highest BCUT2D eigenvalue weighted by atomic mass is 32.2. The minimum absolute atomic E-state index is 0.0180. The Balaban J connectivity index is 1.32. The Bertz CT molecular complexity index is 755. The summed E-state index contributed by atoms with van der Waals surface area (Å²) in [6, 6.07) is 6.94. The molecule has 4 rings (SSSR count). The Morgan fingerprint density at radius 1 is 1.24 bits per heavy atom. The summed E-state index contributed by atoms with van der Waals surface area (Å²) in [5, 5.41) is 0. The van der Waals surface area contributed by atoms with E-state index in [1.165, 1.54) is 6.07 Å². The lowest BCUT2D eigenvalue weighted by Gasteiger charge is -2.47. The zero-order chi connectivity index (χ0) is 17.3. The van der Waals surface area contributed by atoms with E-state index in [0.29, 0.717) is 5.88 Å². The number of hydrogen-bond acceptors (Lipinski definition) is 6. The van der Waals surface area contributed by atoms with E-state index in [2.05, 4.69) is 14.9 Å². The van der Waals surface area contributed by atoms with Crippen LogP contribution in [0.2, 0.25) is 0 Å². The van der Waals surface area contributed by atoms with E-state index >= 15 is 0 Å². The van der Waals surface area contributed by atoms with E-state index in [4.69, 9.17) is 9.47 Å². The Morgan fingerprint density at radius 3 is 2.76 bits per heavy atom. The quantitative estimate of drug-likeness (QED) is 0.816. The molecule has 2 aliphatic rings. The van der Waals surface area contributed by atoms with Crippen LogP contribution in [0, 0.1) is 5.82 Å². The average molecular weight is 361 g/mol. The molecule has 132 valence electrons. The van der Waals surface area contributed by atoms with Gasteiger partial charge in [-0.05, 0) is 18.2 Å².